The van der Waals surface area contributed by atoms with Crippen molar-refractivity contribution in [2.75, 3.05) is 7.11 Å². The van der Waals surface area contributed by atoms with E-state index >= 15 is 0 Å². The minimum absolute atomic E-state index is 0. The number of aliphatic carboxylic acids is 1. The van der Waals surface area contributed by atoms with Crippen LogP contribution < -0.4 is 4.74 Å². The molecule has 0 aromatic heterocycles. The molecule has 1 aromatic rings. The van der Waals surface area contributed by atoms with Gasteiger partial charge in [-0.05, 0) is 23.8 Å². The van der Waals surface area contributed by atoms with Crippen molar-refractivity contribution in [3.8, 4) is 11.5 Å². The number of benzene rings is 1. The number of rotatable bonds is 3. The number of carboxylic acids is 1. The minimum atomic E-state index is -1.02. The Hall–Kier alpha value is -0.970. The zero-order valence-electron chi connectivity index (χ0n) is 7.60. The van der Waals surface area contributed by atoms with Gasteiger partial charge in [0.05, 0.1) is 7.11 Å². The third kappa shape index (κ3) is 4.38. The van der Waals surface area contributed by atoms with Crippen molar-refractivity contribution in [1.82, 2.24) is 0 Å². The molecule has 15 heavy (non-hydrogen) atoms. The van der Waals surface area contributed by atoms with E-state index in [0.29, 0.717) is 11.3 Å². The number of carboxylic acid groups (broad SMARTS) is 1. The molecule has 0 spiro atoms. The molecule has 0 radical (unpaired) electrons. The summed E-state index contributed by atoms with van der Waals surface area (Å²) in [6.45, 7) is 0. The first-order valence-electron chi connectivity index (χ1n) is 3.91. The maximum absolute atomic E-state index is 10.2. The fourth-order valence-electron chi connectivity index (χ4n) is 0.965. The fourth-order valence-corrected chi connectivity index (χ4v) is 0.965. The first kappa shape index (κ1) is 14.0. The molecule has 1 rings (SSSR count). The van der Waals surface area contributed by atoms with Crippen molar-refractivity contribution in [2.24, 2.45) is 0 Å². The standard InChI is InChI=1S/C10H10O4.Na.H/c1-14-9-6-7(2-4-8(9)11)3-5-10(12)13;;/h2-6,11H,1H3,(H,12,13);;/b5-3+;;. The predicted molar refractivity (Wildman–Crippen MR) is 58.5 cm³/mol. The number of phenols is 1. The second-order valence-electron chi connectivity index (χ2n) is 2.60. The Labute approximate surface area is 109 Å². The van der Waals surface area contributed by atoms with Gasteiger partial charge >= 0.3 is 35.5 Å². The molecular formula is C10H11NaO4. The monoisotopic (exact) mass is 218 g/mol. The SMILES string of the molecule is COc1cc(/C=C/C(=O)O)ccc1O.[NaH]. The van der Waals surface area contributed by atoms with E-state index in [9.17, 15) is 9.90 Å². The molecule has 0 unspecified atom stereocenters. The van der Waals surface area contributed by atoms with E-state index in [1.54, 1.807) is 12.1 Å². The number of hydrogen-bond acceptors (Lipinski definition) is 3. The van der Waals surface area contributed by atoms with Gasteiger partial charge in [0.15, 0.2) is 11.5 Å². The average molecular weight is 218 g/mol. The van der Waals surface area contributed by atoms with Crippen molar-refractivity contribution in [3.05, 3.63) is 29.8 Å². The third-order valence-electron chi connectivity index (χ3n) is 1.62. The Morgan fingerprint density at radius 3 is 2.67 bits per heavy atom. The first-order valence-corrected chi connectivity index (χ1v) is 3.91. The molecule has 76 valence electrons. The number of aromatic hydroxyl groups is 1. The summed E-state index contributed by atoms with van der Waals surface area (Å²) in [7, 11) is 1.43. The van der Waals surface area contributed by atoms with Crippen molar-refractivity contribution in [3.63, 3.8) is 0 Å². The predicted octanol–water partition coefficient (Wildman–Crippen LogP) is 0.850. The van der Waals surface area contributed by atoms with Crippen LogP contribution in [0.2, 0.25) is 0 Å². The molecule has 0 heterocycles. The van der Waals surface area contributed by atoms with Crippen LogP contribution in [0.5, 0.6) is 11.5 Å². The molecule has 0 fully saturated rings. The summed E-state index contributed by atoms with van der Waals surface area (Å²) in [6, 6.07) is 4.59. The molecule has 5 heteroatoms. The Morgan fingerprint density at radius 1 is 1.47 bits per heavy atom. The van der Waals surface area contributed by atoms with Crippen molar-refractivity contribution < 1.29 is 19.7 Å². The molecule has 2 N–H and O–H groups in total. The van der Waals surface area contributed by atoms with Gasteiger partial charge in [0, 0.05) is 6.08 Å². The van der Waals surface area contributed by atoms with Crippen LogP contribution >= 0.6 is 0 Å². The van der Waals surface area contributed by atoms with Gasteiger partial charge in [0.1, 0.15) is 0 Å². The quantitative estimate of drug-likeness (QED) is 0.583. The average Bonchev–Trinajstić information content (AvgIpc) is 2.16. The molecule has 0 aliphatic heterocycles. The number of carbonyl (C=O) groups is 1. The summed E-state index contributed by atoms with van der Waals surface area (Å²) in [5.74, 6) is -0.672. The van der Waals surface area contributed by atoms with Crippen LogP contribution in [0.15, 0.2) is 24.3 Å². The van der Waals surface area contributed by atoms with Gasteiger partial charge in [-0.25, -0.2) is 4.79 Å². The van der Waals surface area contributed by atoms with Crippen LogP contribution in [0.25, 0.3) is 6.08 Å². The summed E-state index contributed by atoms with van der Waals surface area (Å²) in [5.41, 5.74) is 0.655. The van der Waals surface area contributed by atoms with Gasteiger partial charge in [0.25, 0.3) is 0 Å². The number of hydrogen-bond donors (Lipinski definition) is 2. The van der Waals surface area contributed by atoms with Gasteiger partial charge in [-0.3, -0.25) is 0 Å². The van der Waals surface area contributed by atoms with Crippen LogP contribution in [0, 0.1) is 0 Å². The van der Waals surface area contributed by atoms with Crippen molar-refractivity contribution in [2.45, 2.75) is 0 Å². The first-order chi connectivity index (χ1) is 6.63. The molecule has 0 bridgehead atoms. The summed E-state index contributed by atoms with van der Waals surface area (Å²) in [5, 5.41) is 17.6. The Balaban J connectivity index is 0.00000196. The fraction of sp³-hybridized carbons (Fsp3) is 0.100. The summed E-state index contributed by atoms with van der Waals surface area (Å²) >= 11 is 0. The second kappa shape index (κ2) is 6.50. The van der Waals surface area contributed by atoms with Crippen LogP contribution in [-0.4, -0.2) is 52.8 Å². The zero-order valence-corrected chi connectivity index (χ0v) is 7.60. The van der Waals surface area contributed by atoms with Gasteiger partial charge in [-0.1, -0.05) is 6.07 Å². The van der Waals surface area contributed by atoms with Crippen LogP contribution in [-0.2, 0) is 4.79 Å². The van der Waals surface area contributed by atoms with Crippen LogP contribution in [0.4, 0.5) is 0 Å². The van der Waals surface area contributed by atoms with Crippen molar-refractivity contribution >= 4 is 41.6 Å². The topological polar surface area (TPSA) is 66.8 Å². The Bertz CT molecular complexity index is 374. The molecule has 0 saturated carbocycles. The molecule has 0 aliphatic rings. The molecule has 0 aliphatic carbocycles. The molecule has 0 saturated heterocycles. The van der Waals surface area contributed by atoms with E-state index in [1.165, 1.54) is 19.3 Å². The van der Waals surface area contributed by atoms with E-state index in [0.717, 1.165) is 6.08 Å². The normalized spacial score (nSPS) is 9.67. The van der Waals surface area contributed by atoms with Gasteiger partial charge in [-0.2, -0.15) is 0 Å². The van der Waals surface area contributed by atoms with E-state index in [4.69, 9.17) is 9.84 Å². The maximum atomic E-state index is 10.2. The molecule has 4 nitrogen and oxygen atoms in total. The Kier molecular flexibility index (Phi) is 6.08. The van der Waals surface area contributed by atoms with Gasteiger partial charge in [0.2, 0.25) is 0 Å². The number of methoxy groups -OCH3 is 1. The van der Waals surface area contributed by atoms with E-state index in [-0.39, 0.29) is 35.3 Å². The number of phenolic OH excluding ortho intramolecular Hbond substituents is 1. The summed E-state index contributed by atoms with van der Waals surface area (Å²) in [4.78, 5) is 10.2. The molecule has 0 atom stereocenters. The van der Waals surface area contributed by atoms with E-state index in [1.807, 2.05) is 0 Å². The van der Waals surface area contributed by atoms with Gasteiger partial charge in [-0.15, -0.1) is 0 Å². The third-order valence-corrected chi connectivity index (χ3v) is 1.62. The van der Waals surface area contributed by atoms with Crippen LogP contribution in [0.1, 0.15) is 5.56 Å². The van der Waals surface area contributed by atoms with E-state index < -0.39 is 5.97 Å². The Morgan fingerprint density at radius 2 is 2.13 bits per heavy atom. The summed E-state index contributed by atoms with van der Waals surface area (Å²) < 4.78 is 4.86. The molecule has 1 aromatic carbocycles. The van der Waals surface area contributed by atoms with Gasteiger partial charge < -0.3 is 14.9 Å². The zero-order chi connectivity index (χ0) is 10.6. The molecular weight excluding hydrogens is 207 g/mol. The van der Waals surface area contributed by atoms with Crippen molar-refractivity contribution in [1.29, 1.82) is 0 Å². The second-order valence-corrected chi connectivity index (χ2v) is 2.60. The number of ether oxygens (including phenoxy) is 1. The van der Waals surface area contributed by atoms with Crippen LogP contribution in [0.3, 0.4) is 0 Å². The molecule has 0 amide bonds. The van der Waals surface area contributed by atoms with E-state index in [2.05, 4.69) is 0 Å². The summed E-state index contributed by atoms with van der Waals surface area (Å²) in [6.07, 6.45) is 2.44.